The molecule has 0 aromatic heterocycles. The highest BCUT2D eigenvalue weighted by atomic mass is 16.5. The van der Waals surface area contributed by atoms with Crippen LogP contribution in [0, 0.1) is 12.3 Å². The van der Waals surface area contributed by atoms with Crippen molar-refractivity contribution < 1.29 is 4.74 Å². The van der Waals surface area contributed by atoms with Gasteiger partial charge in [0.2, 0.25) is 0 Å². The first-order chi connectivity index (χ1) is 9.65. The monoisotopic (exact) mass is 271 g/mol. The van der Waals surface area contributed by atoms with Crippen LogP contribution in [0.1, 0.15) is 49.7 Å². The van der Waals surface area contributed by atoms with E-state index in [4.69, 9.17) is 4.74 Å². The molecule has 4 rings (SSSR count). The summed E-state index contributed by atoms with van der Waals surface area (Å²) in [6, 6.07) is 7.47. The molecule has 0 aliphatic heterocycles. The first-order valence-corrected chi connectivity index (χ1v) is 8.03. The van der Waals surface area contributed by atoms with Crippen molar-refractivity contribution in [2.75, 3.05) is 13.7 Å². The molecular weight excluding hydrogens is 246 g/mol. The van der Waals surface area contributed by atoms with Crippen molar-refractivity contribution in [3.05, 3.63) is 29.3 Å². The second kappa shape index (κ2) is 4.24. The summed E-state index contributed by atoms with van der Waals surface area (Å²) in [5.41, 5.74) is 3.84. The normalized spacial score (nSPS) is 25.3. The van der Waals surface area contributed by atoms with Crippen LogP contribution in [0.3, 0.4) is 0 Å². The van der Waals surface area contributed by atoms with Gasteiger partial charge in [0.05, 0.1) is 7.11 Å². The molecule has 3 aliphatic carbocycles. The predicted molar refractivity (Wildman–Crippen MR) is 81.3 cm³/mol. The largest absolute Gasteiger partial charge is 0.496 e. The van der Waals surface area contributed by atoms with Gasteiger partial charge < -0.3 is 10.1 Å². The fourth-order valence-corrected chi connectivity index (χ4v) is 4.19. The Kier molecular flexibility index (Phi) is 2.69. The van der Waals surface area contributed by atoms with Crippen molar-refractivity contribution in [1.29, 1.82) is 0 Å². The lowest BCUT2D eigenvalue weighted by Crippen LogP contribution is -2.50. The molecule has 1 N–H and O–H groups in total. The zero-order chi connectivity index (χ0) is 13.8. The van der Waals surface area contributed by atoms with Gasteiger partial charge in [-0.15, -0.1) is 0 Å². The lowest BCUT2D eigenvalue weighted by Gasteiger charge is -2.50. The Morgan fingerprint density at radius 2 is 2.00 bits per heavy atom. The molecule has 20 heavy (non-hydrogen) atoms. The van der Waals surface area contributed by atoms with Crippen LogP contribution < -0.4 is 10.1 Å². The Bertz CT molecular complexity index is 520. The maximum Gasteiger partial charge on any atom is 0.122 e. The highest BCUT2D eigenvalue weighted by Crippen LogP contribution is 2.69. The molecule has 3 aliphatic rings. The van der Waals surface area contributed by atoms with Gasteiger partial charge in [-0.05, 0) is 56.9 Å². The Morgan fingerprint density at radius 3 is 2.60 bits per heavy atom. The van der Waals surface area contributed by atoms with Crippen molar-refractivity contribution in [3.63, 3.8) is 0 Å². The van der Waals surface area contributed by atoms with Gasteiger partial charge in [-0.3, -0.25) is 0 Å². The van der Waals surface area contributed by atoms with Gasteiger partial charge in [-0.25, -0.2) is 0 Å². The SMILES string of the molecule is COc1ccc(C)cc1C1(CNC2CC2)CC2(CC2)C1. The van der Waals surface area contributed by atoms with Crippen LogP contribution in [0.4, 0.5) is 0 Å². The van der Waals surface area contributed by atoms with Gasteiger partial charge in [-0.1, -0.05) is 17.7 Å². The van der Waals surface area contributed by atoms with E-state index in [1.54, 1.807) is 0 Å². The van der Waals surface area contributed by atoms with E-state index < -0.39 is 0 Å². The topological polar surface area (TPSA) is 21.3 Å². The van der Waals surface area contributed by atoms with Crippen molar-refractivity contribution in [1.82, 2.24) is 5.32 Å². The van der Waals surface area contributed by atoms with Crippen molar-refractivity contribution >= 4 is 0 Å². The number of hydrogen-bond acceptors (Lipinski definition) is 2. The Balaban J connectivity index is 1.64. The minimum atomic E-state index is 0.330. The number of hydrogen-bond donors (Lipinski definition) is 1. The standard InChI is InChI=1S/C18H25NO/c1-13-3-6-16(20-2)15(9-13)18(12-19-14-4-5-14)10-17(11-18)7-8-17/h3,6,9,14,19H,4-5,7-8,10-12H2,1-2H3. The molecule has 3 fully saturated rings. The minimum Gasteiger partial charge on any atom is -0.496 e. The van der Waals surface area contributed by atoms with E-state index in [9.17, 15) is 0 Å². The third-order valence-corrected chi connectivity index (χ3v) is 5.62. The molecule has 2 heteroatoms. The number of rotatable bonds is 5. The van der Waals surface area contributed by atoms with Crippen LogP contribution in [0.25, 0.3) is 0 Å². The molecule has 1 aromatic carbocycles. The minimum absolute atomic E-state index is 0.330. The molecule has 1 aromatic rings. The summed E-state index contributed by atoms with van der Waals surface area (Å²) in [4.78, 5) is 0. The zero-order valence-corrected chi connectivity index (χ0v) is 12.7. The zero-order valence-electron chi connectivity index (χ0n) is 12.7. The molecule has 0 radical (unpaired) electrons. The van der Waals surface area contributed by atoms with E-state index in [-0.39, 0.29) is 0 Å². The van der Waals surface area contributed by atoms with Crippen LogP contribution in [-0.2, 0) is 5.41 Å². The number of nitrogens with one attached hydrogen (secondary N) is 1. The average Bonchev–Trinajstić information content (AvgIpc) is 3.29. The summed E-state index contributed by atoms with van der Waals surface area (Å²) < 4.78 is 5.67. The third-order valence-electron chi connectivity index (χ3n) is 5.62. The molecular formula is C18H25NO. The van der Waals surface area contributed by atoms with E-state index in [0.717, 1.165) is 18.3 Å². The van der Waals surface area contributed by atoms with E-state index in [1.807, 2.05) is 7.11 Å². The molecule has 0 unspecified atom stereocenters. The molecule has 0 atom stereocenters. The van der Waals surface area contributed by atoms with Gasteiger partial charge >= 0.3 is 0 Å². The molecule has 108 valence electrons. The van der Waals surface area contributed by atoms with Gasteiger partial charge in [0.15, 0.2) is 0 Å². The third kappa shape index (κ3) is 2.05. The number of ether oxygens (including phenoxy) is 1. The number of aryl methyl sites for hydroxylation is 1. The van der Waals surface area contributed by atoms with E-state index in [0.29, 0.717) is 10.8 Å². The Hall–Kier alpha value is -1.02. The van der Waals surface area contributed by atoms with Crippen LogP contribution in [0.2, 0.25) is 0 Å². The lowest BCUT2D eigenvalue weighted by atomic mass is 9.56. The Morgan fingerprint density at radius 1 is 1.25 bits per heavy atom. The predicted octanol–water partition coefficient (Wildman–Crippen LogP) is 3.57. The molecule has 0 bridgehead atoms. The van der Waals surface area contributed by atoms with E-state index >= 15 is 0 Å². The van der Waals surface area contributed by atoms with Crippen molar-refractivity contribution in [2.24, 2.45) is 5.41 Å². The molecule has 3 saturated carbocycles. The smallest absolute Gasteiger partial charge is 0.122 e. The highest BCUT2D eigenvalue weighted by Gasteiger charge is 2.61. The van der Waals surface area contributed by atoms with Gasteiger partial charge in [0.25, 0.3) is 0 Å². The maximum absolute atomic E-state index is 5.67. The van der Waals surface area contributed by atoms with E-state index in [2.05, 4.69) is 30.4 Å². The molecule has 0 amide bonds. The molecule has 2 nitrogen and oxygen atoms in total. The fourth-order valence-electron chi connectivity index (χ4n) is 4.19. The van der Waals surface area contributed by atoms with Crippen LogP contribution in [-0.4, -0.2) is 19.7 Å². The van der Waals surface area contributed by atoms with Crippen LogP contribution in [0.5, 0.6) is 5.75 Å². The van der Waals surface area contributed by atoms with Gasteiger partial charge in [-0.2, -0.15) is 0 Å². The quantitative estimate of drug-likeness (QED) is 0.884. The van der Waals surface area contributed by atoms with E-state index in [1.165, 1.54) is 49.7 Å². The Labute approximate surface area is 121 Å². The summed E-state index contributed by atoms with van der Waals surface area (Å²) in [5, 5.41) is 3.78. The van der Waals surface area contributed by atoms with Gasteiger partial charge in [0, 0.05) is 23.6 Å². The van der Waals surface area contributed by atoms with Crippen LogP contribution in [0.15, 0.2) is 18.2 Å². The highest BCUT2D eigenvalue weighted by molar-refractivity contribution is 5.46. The van der Waals surface area contributed by atoms with Gasteiger partial charge in [0.1, 0.15) is 5.75 Å². The molecule has 0 heterocycles. The molecule has 0 saturated heterocycles. The number of methoxy groups -OCH3 is 1. The summed E-state index contributed by atoms with van der Waals surface area (Å²) in [7, 11) is 1.81. The second-order valence-electron chi connectivity index (χ2n) is 7.49. The first kappa shape index (κ1) is 12.7. The fraction of sp³-hybridized carbons (Fsp3) is 0.667. The lowest BCUT2D eigenvalue weighted by molar-refractivity contribution is 0.112. The number of benzene rings is 1. The second-order valence-corrected chi connectivity index (χ2v) is 7.49. The van der Waals surface area contributed by atoms with Crippen molar-refractivity contribution in [3.8, 4) is 5.75 Å². The molecule has 1 spiro atoms. The summed E-state index contributed by atoms with van der Waals surface area (Å²) in [5.74, 6) is 1.09. The van der Waals surface area contributed by atoms with Crippen molar-refractivity contribution in [2.45, 2.75) is 56.9 Å². The first-order valence-electron chi connectivity index (χ1n) is 8.03. The summed E-state index contributed by atoms with van der Waals surface area (Å²) >= 11 is 0. The van der Waals surface area contributed by atoms with Crippen LogP contribution >= 0.6 is 0 Å². The maximum atomic E-state index is 5.67. The average molecular weight is 271 g/mol. The summed E-state index contributed by atoms with van der Waals surface area (Å²) in [6.45, 7) is 3.33. The summed E-state index contributed by atoms with van der Waals surface area (Å²) in [6.07, 6.45) is 8.36.